The Morgan fingerprint density at radius 3 is 2.95 bits per heavy atom. The Labute approximate surface area is 115 Å². The topological polar surface area (TPSA) is 38.3 Å². The number of hydrogen-bond acceptors (Lipinski definition) is 3. The number of esters is 1. The molecule has 0 saturated heterocycles. The molecule has 0 aromatic heterocycles. The van der Waals surface area contributed by atoms with E-state index in [1.54, 1.807) is 0 Å². The molecular weight excluding hydrogens is 238 g/mol. The quantitative estimate of drug-likeness (QED) is 0.577. The fraction of sp³-hybridized carbons (Fsp3) is 0.438. The summed E-state index contributed by atoms with van der Waals surface area (Å²) in [5, 5.41) is 3.10. The lowest BCUT2D eigenvalue weighted by Gasteiger charge is -2.15. The minimum atomic E-state index is -0.125. The van der Waals surface area contributed by atoms with Gasteiger partial charge < -0.3 is 10.1 Å². The second-order valence-electron chi connectivity index (χ2n) is 4.62. The van der Waals surface area contributed by atoms with E-state index in [0.717, 1.165) is 36.9 Å². The summed E-state index contributed by atoms with van der Waals surface area (Å²) >= 11 is 0. The lowest BCUT2D eigenvalue weighted by Crippen LogP contribution is -2.20. The van der Waals surface area contributed by atoms with Crippen molar-refractivity contribution in [2.45, 2.75) is 19.3 Å². The Morgan fingerprint density at radius 1 is 1.53 bits per heavy atom. The second-order valence-corrected chi connectivity index (χ2v) is 4.62. The molecule has 0 heterocycles. The third-order valence-electron chi connectivity index (χ3n) is 3.18. The molecule has 104 valence electrons. The normalized spacial score (nSPS) is 11.9. The number of ether oxygens (including phenoxy) is 1. The first kappa shape index (κ1) is 15.4. The summed E-state index contributed by atoms with van der Waals surface area (Å²) in [6.45, 7) is 4.68. The zero-order valence-corrected chi connectivity index (χ0v) is 11.8. The van der Waals surface area contributed by atoms with Crippen molar-refractivity contribution in [2.75, 3.05) is 20.7 Å². The molecule has 19 heavy (non-hydrogen) atoms. The van der Waals surface area contributed by atoms with Crippen LogP contribution in [0.5, 0.6) is 0 Å². The summed E-state index contributed by atoms with van der Waals surface area (Å²) < 4.78 is 4.89. The van der Waals surface area contributed by atoms with E-state index >= 15 is 0 Å². The molecule has 0 saturated carbocycles. The van der Waals surface area contributed by atoms with Gasteiger partial charge in [0.05, 0.1) is 13.0 Å². The van der Waals surface area contributed by atoms with Crippen molar-refractivity contribution in [2.24, 2.45) is 5.92 Å². The average molecular weight is 261 g/mol. The molecule has 1 unspecified atom stereocenters. The van der Waals surface area contributed by atoms with Gasteiger partial charge in [-0.25, -0.2) is 0 Å². The van der Waals surface area contributed by atoms with Crippen LogP contribution in [0.15, 0.2) is 30.8 Å². The van der Waals surface area contributed by atoms with Crippen LogP contribution in [0, 0.1) is 5.92 Å². The predicted octanol–water partition coefficient (Wildman–Crippen LogP) is 2.66. The highest BCUT2D eigenvalue weighted by molar-refractivity contribution is 5.72. The van der Waals surface area contributed by atoms with Gasteiger partial charge in [-0.1, -0.05) is 36.9 Å². The first-order chi connectivity index (χ1) is 9.21. The van der Waals surface area contributed by atoms with E-state index in [-0.39, 0.29) is 11.9 Å². The predicted molar refractivity (Wildman–Crippen MR) is 78.9 cm³/mol. The van der Waals surface area contributed by atoms with Gasteiger partial charge in [0.25, 0.3) is 0 Å². The molecule has 1 aromatic carbocycles. The van der Waals surface area contributed by atoms with Crippen molar-refractivity contribution in [1.29, 1.82) is 0 Å². The van der Waals surface area contributed by atoms with Gasteiger partial charge in [-0.15, -0.1) is 0 Å². The number of nitrogens with one attached hydrogen (secondary N) is 1. The van der Waals surface area contributed by atoms with E-state index in [0.29, 0.717) is 0 Å². The number of benzene rings is 1. The van der Waals surface area contributed by atoms with Gasteiger partial charge in [-0.2, -0.15) is 0 Å². The maximum absolute atomic E-state index is 11.8. The summed E-state index contributed by atoms with van der Waals surface area (Å²) in [7, 11) is 3.37. The third-order valence-corrected chi connectivity index (χ3v) is 3.18. The standard InChI is InChI=1S/C16H23NO2/c1-4-13-7-5-8-14(11-13)12-15(16(18)19-3)9-6-10-17-2/h4-5,7-8,11,15,17H,1,6,9-10,12H2,2-3H3. The Hall–Kier alpha value is -1.61. The number of methoxy groups -OCH3 is 1. The molecule has 1 rings (SSSR count). The van der Waals surface area contributed by atoms with Gasteiger partial charge in [0.15, 0.2) is 0 Å². The van der Waals surface area contributed by atoms with Crippen LogP contribution in [0.3, 0.4) is 0 Å². The molecule has 0 fully saturated rings. The molecule has 0 aliphatic rings. The maximum Gasteiger partial charge on any atom is 0.308 e. The first-order valence-corrected chi connectivity index (χ1v) is 6.65. The smallest absolute Gasteiger partial charge is 0.308 e. The highest BCUT2D eigenvalue weighted by atomic mass is 16.5. The Morgan fingerprint density at radius 2 is 2.32 bits per heavy atom. The molecule has 1 atom stereocenters. The SMILES string of the molecule is C=Cc1cccc(CC(CCCNC)C(=O)OC)c1. The fourth-order valence-electron chi connectivity index (χ4n) is 2.13. The first-order valence-electron chi connectivity index (χ1n) is 6.65. The molecule has 0 amide bonds. The molecule has 3 nitrogen and oxygen atoms in total. The van der Waals surface area contributed by atoms with E-state index in [9.17, 15) is 4.79 Å². The van der Waals surface area contributed by atoms with Crippen molar-refractivity contribution < 1.29 is 9.53 Å². The zero-order valence-electron chi connectivity index (χ0n) is 11.8. The van der Waals surface area contributed by atoms with Crippen LogP contribution < -0.4 is 5.32 Å². The highest BCUT2D eigenvalue weighted by Crippen LogP contribution is 2.17. The number of carbonyl (C=O) groups is 1. The summed E-state index contributed by atoms with van der Waals surface area (Å²) in [4.78, 5) is 11.8. The van der Waals surface area contributed by atoms with E-state index < -0.39 is 0 Å². The van der Waals surface area contributed by atoms with Crippen LogP contribution in [0.1, 0.15) is 24.0 Å². The van der Waals surface area contributed by atoms with Gasteiger partial charge in [0.2, 0.25) is 0 Å². The van der Waals surface area contributed by atoms with E-state index in [2.05, 4.69) is 18.0 Å². The van der Waals surface area contributed by atoms with E-state index in [1.807, 2.05) is 31.3 Å². The largest absolute Gasteiger partial charge is 0.469 e. The Kier molecular flexibility index (Phi) is 6.90. The molecule has 3 heteroatoms. The number of carbonyl (C=O) groups excluding carboxylic acids is 1. The van der Waals surface area contributed by atoms with Gasteiger partial charge in [-0.05, 0) is 44.0 Å². The fourth-order valence-corrected chi connectivity index (χ4v) is 2.13. The minimum absolute atomic E-state index is 0.0709. The van der Waals surface area contributed by atoms with E-state index in [1.165, 1.54) is 7.11 Å². The van der Waals surface area contributed by atoms with Crippen molar-refractivity contribution in [3.05, 3.63) is 42.0 Å². The van der Waals surface area contributed by atoms with Gasteiger partial charge >= 0.3 is 5.97 Å². The molecule has 0 radical (unpaired) electrons. The monoisotopic (exact) mass is 261 g/mol. The molecular formula is C16H23NO2. The Bertz CT molecular complexity index is 415. The van der Waals surface area contributed by atoms with Gasteiger partial charge in [-0.3, -0.25) is 4.79 Å². The minimum Gasteiger partial charge on any atom is -0.469 e. The second kappa shape index (κ2) is 8.48. The van der Waals surface area contributed by atoms with Crippen LogP contribution in [0.2, 0.25) is 0 Å². The van der Waals surface area contributed by atoms with Crippen LogP contribution in [-0.4, -0.2) is 26.7 Å². The zero-order chi connectivity index (χ0) is 14.1. The average Bonchev–Trinajstić information content (AvgIpc) is 2.45. The van der Waals surface area contributed by atoms with Crippen molar-refractivity contribution >= 4 is 12.0 Å². The number of rotatable bonds is 8. The Balaban J connectivity index is 2.69. The number of hydrogen-bond donors (Lipinski definition) is 1. The lowest BCUT2D eigenvalue weighted by atomic mass is 9.94. The van der Waals surface area contributed by atoms with E-state index in [4.69, 9.17) is 4.74 Å². The van der Waals surface area contributed by atoms with Gasteiger partial charge in [0, 0.05) is 0 Å². The third kappa shape index (κ3) is 5.26. The van der Waals surface area contributed by atoms with Crippen LogP contribution in [0.4, 0.5) is 0 Å². The molecule has 0 spiro atoms. The van der Waals surface area contributed by atoms with Crippen LogP contribution in [0.25, 0.3) is 6.08 Å². The summed E-state index contributed by atoms with van der Waals surface area (Å²) in [6, 6.07) is 8.11. The lowest BCUT2D eigenvalue weighted by molar-refractivity contribution is -0.145. The summed E-state index contributed by atoms with van der Waals surface area (Å²) in [6.07, 6.45) is 4.35. The van der Waals surface area contributed by atoms with Crippen molar-refractivity contribution in [1.82, 2.24) is 5.32 Å². The van der Waals surface area contributed by atoms with Crippen molar-refractivity contribution in [3.63, 3.8) is 0 Å². The van der Waals surface area contributed by atoms with Crippen molar-refractivity contribution in [3.8, 4) is 0 Å². The molecule has 0 aliphatic carbocycles. The molecule has 1 aromatic rings. The molecule has 0 aliphatic heterocycles. The van der Waals surface area contributed by atoms with Crippen LogP contribution >= 0.6 is 0 Å². The summed E-state index contributed by atoms with van der Waals surface area (Å²) in [5.74, 6) is -0.196. The molecule has 0 bridgehead atoms. The highest BCUT2D eigenvalue weighted by Gasteiger charge is 2.19. The summed E-state index contributed by atoms with van der Waals surface area (Å²) in [5.41, 5.74) is 2.23. The van der Waals surface area contributed by atoms with Gasteiger partial charge in [0.1, 0.15) is 0 Å². The van der Waals surface area contributed by atoms with Crippen LogP contribution in [-0.2, 0) is 16.0 Å². The molecule has 1 N–H and O–H groups in total. The maximum atomic E-state index is 11.8.